The lowest BCUT2D eigenvalue weighted by molar-refractivity contribution is 0.581. The summed E-state index contributed by atoms with van der Waals surface area (Å²) in [6, 6.07) is 6.91. The molecule has 0 aromatic heterocycles. The summed E-state index contributed by atoms with van der Waals surface area (Å²) in [7, 11) is -3.27. The molecule has 0 spiro atoms. The van der Waals surface area contributed by atoms with Crippen molar-refractivity contribution < 1.29 is 8.42 Å². The fourth-order valence-electron chi connectivity index (χ4n) is 1.42. The molecule has 0 fully saturated rings. The molecule has 1 aromatic rings. The van der Waals surface area contributed by atoms with E-state index in [0.717, 1.165) is 0 Å². The van der Waals surface area contributed by atoms with Crippen molar-refractivity contribution in [2.24, 2.45) is 0 Å². The minimum absolute atomic E-state index is 0.0338. The molecule has 1 rings (SSSR count). The van der Waals surface area contributed by atoms with Crippen LogP contribution in [-0.2, 0) is 15.8 Å². The van der Waals surface area contributed by atoms with Crippen LogP contribution in [0.1, 0.15) is 18.9 Å². The van der Waals surface area contributed by atoms with Gasteiger partial charge in [-0.2, -0.15) is 0 Å². The molecule has 0 aliphatic rings. The highest BCUT2D eigenvalue weighted by Gasteiger charge is 2.10. The van der Waals surface area contributed by atoms with Gasteiger partial charge < -0.3 is 5.73 Å². The minimum atomic E-state index is -3.27. The summed E-state index contributed by atoms with van der Waals surface area (Å²) < 4.78 is 25.9. The van der Waals surface area contributed by atoms with E-state index in [0.29, 0.717) is 24.2 Å². The van der Waals surface area contributed by atoms with Crippen molar-refractivity contribution in [1.29, 1.82) is 0 Å². The molecular formula is C12H18N2O2S. The topological polar surface area (TPSA) is 72.2 Å². The van der Waals surface area contributed by atoms with E-state index in [1.165, 1.54) is 0 Å². The SMILES string of the molecule is C/C=C/CCNS(=O)(=O)Cc1cccc(N)c1. The first-order valence-corrected chi connectivity index (χ1v) is 7.11. The van der Waals surface area contributed by atoms with Crippen LogP contribution in [0, 0.1) is 0 Å². The number of rotatable bonds is 6. The molecule has 0 saturated carbocycles. The third-order valence-electron chi connectivity index (χ3n) is 2.18. The van der Waals surface area contributed by atoms with Gasteiger partial charge in [-0.15, -0.1) is 0 Å². The van der Waals surface area contributed by atoms with Gasteiger partial charge >= 0.3 is 0 Å². The molecule has 0 heterocycles. The van der Waals surface area contributed by atoms with Crippen molar-refractivity contribution in [3.05, 3.63) is 42.0 Å². The van der Waals surface area contributed by atoms with E-state index in [1.807, 2.05) is 19.1 Å². The zero-order chi connectivity index (χ0) is 12.7. The summed E-state index contributed by atoms with van der Waals surface area (Å²) in [4.78, 5) is 0. The maximum atomic E-state index is 11.7. The summed E-state index contributed by atoms with van der Waals surface area (Å²) in [6.45, 7) is 2.33. The zero-order valence-corrected chi connectivity index (χ0v) is 10.7. The van der Waals surface area contributed by atoms with Crippen LogP contribution in [0.4, 0.5) is 5.69 Å². The van der Waals surface area contributed by atoms with Gasteiger partial charge in [-0.3, -0.25) is 0 Å². The summed E-state index contributed by atoms with van der Waals surface area (Å²) in [6.07, 6.45) is 4.52. The first kappa shape index (κ1) is 13.7. The van der Waals surface area contributed by atoms with Crippen LogP contribution in [0.15, 0.2) is 36.4 Å². The van der Waals surface area contributed by atoms with E-state index in [1.54, 1.807) is 24.3 Å². The lowest BCUT2D eigenvalue weighted by Gasteiger charge is -2.06. The fraction of sp³-hybridized carbons (Fsp3) is 0.333. The van der Waals surface area contributed by atoms with Gasteiger partial charge in [0.05, 0.1) is 5.75 Å². The highest BCUT2D eigenvalue weighted by molar-refractivity contribution is 7.88. The van der Waals surface area contributed by atoms with Crippen LogP contribution in [0.3, 0.4) is 0 Å². The number of hydrogen-bond donors (Lipinski definition) is 2. The largest absolute Gasteiger partial charge is 0.399 e. The second kappa shape index (κ2) is 6.42. The van der Waals surface area contributed by atoms with Gasteiger partial charge in [0, 0.05) is 12.2 Å². The van der Waals surface area contributed by atoms with Crippen LogP contribution >= 0.6 is 0 Å². The molecule has 1 aromatic carbocycles. The number of nitrogens with two attached hydrogens (primary N) is 1. The van der Waals surface area contributed by atoms with E-state index in [2.05, 4.69) is 4.72 Å². The summed E-state index contributed by atoms with van der Waals surface area (Å²) in [5.41, 5.74) is 6.87. The molecule has 0 unspecified atom stereocenters. The van der Waals surface area contributed by atoms with E-state index < -0.39 is 10.0 Å². The number of nitrogen functional groups attached to an aromatic ring is 1. The number of benzene rings is 1. The summed E-state index contributed by atoms with van der Waals surface area (Å²) in [5.74, 6) is -0.0338. The zero-order valence-electron chi connectivity index (χ0n) is 9.89. The second-order valence-electron chi connectivity index (χ2n) is 3.76. The number of nitrogens with one attached hydrogen (secondary N) is 1. The third kappa shape index (κ3) is 5.51. The Morgan fingerprint density at radius 1 is 1.41 bits per heavy atom. The van der Waals surface area contributed by atoms with Crippen LogP contribution in [0.2, 0.25) is 0 Å². The highest BCUT2D eigenvalue weighted by atomic mass is 32.2. The predicted octanol–water partition coefficient (Wildman–Crippen LogP) is 1.65. The van der Waals surface area contributed by atoms with Gasteiger partial charge in [0.1, 0.15) is 0 Å². The molecule has 5 heteroatoms. The van der Waals surface area contributed by atoms with Crippen molar-refractivity contribution in [3.8, 4) is 0 Å². The molecule has 94 valence electrons. The van der Waals surface area contributed by atoms with Crippen molar-refractivity contribution in [2.45, 2.75) is 19.1 Å². The molecular weight excluding hydrogens is 236 g/mol. The number of sulfonamides is 1. The summed E-state index contributed by atoms with van der Waals surface area (Å²) >= 11 is 0. The maximum Gasteiger partial charge on any atom is 0.215 e. The molecule has 0 aliphatic carbocycles. The van der Waals surface area contributed by atoms with E-state index in [9.17, 15) is 8.42 Å². The second-order valence-corrected chi connectivity index (χ2v) is 5.56. The predicted molar refractivity (Wildman–Crippen MR) is 70.9 cm³/mol. The average molecular weight is 254 g/mol. The molecule has 0 amide bonds. The average Bonchev–Trinajstić information content (AvgIpc) is 2.24. The van der Waals surface area contributed by atoms with Gasteiger partial charge in [-0.05, 0) is 31.0 Å². The molecule has 0 saturated heterocycles. The Morgan fingerprint density at radius 3 is 2.82 bits per heavy atom. The van der Waals surface area contributed by atoms with Gasteiger partial charge in [0.25, 0.3) is 0 Å². The van der Waals surface area contributed by atoms with Crippen LogP contribution in [-0.4, -0.2) is 15.0 Å². The minimum Gasteiger partial charge on any atom is -0.399 e. The molecule has 17 heavy (non-hydrogen) atoms. The van der Waals surface area contributed by atoms with Crippen LogP contribution in [0.25, 0.3) is 0 Å². The normalized spacial score (nSPS) is 12.1. The molecule has 4 nitrogen and oxygen atoms in total. The maximum absolute atomic E-state index is 11.7. The standard InChI is InChI=1S/C12H18N2O2S/c1-2-3-4-8-14-17(15,16)10-11-6-5-7-12(13)9-11/h2-3,5-7,9,14H,4,8,10,13H2,1H3/b3-2+. The van der Waals surface area contributed by atoms with Crippen molar-refractivity contribution in [2.75, 3.05) is 12.3 Å². The van der Waals surface area contributed by atoms with E-state index in [-0.39, 0.29) is 5.75 Å². The Kier molecular flexibility index (Phi) is 5.18. The van der Waals surface area contributed by atoms with Crippen molar-refractivity contribution >= 4 is 15.7 Å². The Labute approximate surface area is 103 Å². The first-order valence-electron chi connectivity index (χ1n) is 5.46. The van der Waals surface area contributed by atoms with Gasteiger partial charge in [-0.1, -0.05) is 24.3 Å². The molecule has 0 radical (unpaired) electrons. The smallest absolute Gasteiger partial charge is 0.215 e. The molecule has 0 aliphatic heterocycles. The molecule has 0 atom stereocenters. The lowest BCUT2D eigenvalue weighted by Crippen LogP contribution is -2.25. The van der Waals surface area contributed by atoms with E-state index >= 15 is 0 Å². The van der Waals surface area contributed by atoms with Crippen molar-refractivity contribution in [3.63, 3.8) is 0 Å². The molecule has 3 N–H and O–H groups in total. The van der Waals surface area contributed by atoms with Gasteiger partial charge in [0.15, 0.2) is 0 Å². The highest BCUT2D eigenvalue weighted by Crippen LogP contribution is 2.09. The van der Waals surface area contributed by atoms with Crippen LogP contribution in [0.5, 0.6) is 0 Å². The quantitative estimate of drug-likeness (QED) is 0.460. The Bertz CT molecular complexity index is 481. The number of allylic oxidation sites excluding steroid dienone is 1. The number of hydrogen-bond acceptors (Lipinski definition) is 3. The molecule has 0 bridgehead atoms. The van der Waals surface area contributed by atoms with E-state index in [4.69, 9.17) is 5.73 Å². The number of anilines is 1. The Morgan fingerprint density at radius 2 is 2.18 bits per heavy atom. The monoisotopic (exact) mass is 254 g/mol. The van der Waals surface area contributed by atoms with Gasteiger partial charge in [0.2, 0.25) is 10.0 Å². The fourth-order valence-corrected chi connectivity index (χ4v) is 2.57. The Hall–Kier alpha value is -1.33. The van der Waals surface area contributed by atoms with Crippen LogP contribution < -0.4 is 10.5 Å². The first-order chi connectivity index (χ1) is 8.03. The summed E-state index contributed by atoms with van der Waals surface area (Å²) in [5, 5.41) is 0. The Balaban J connectivity index is 2.54. The van der Waals surface area contributed by atoms with Crippen molar-refractivity contribution in [1.82, 2.24) is 4.72 Å². The third-order valence-corrected chi connectivity index (χ3v) is 3.53. The lowest BCUT2D eigenvalue weighted by atomic mass is 10.2. The van der Waals surface area contributed by atoms with Gasteiger partial charge in [-0.25, -0.2) is 13.1 Å².